The molecule has 0 atom stereocenters. The van der Waals surface area contributed by atoms with E-state index in [0.29, 0.717) is 5.95 Å². The summed E-state index contributed by atoms with van der Waals surface area (Å²) in [6.45, 7) is 4.33. The fourth-order valence-electron chi connectivity index (χ4n) is 1.53. The molecule has 0 spiro atoms. The predicted molar refractivity (Wildman–Crippen MR) is 71.4 cm³/mol. The molecule has 92 valence electrons. The molecule has 6 heteroatoms. The molecule has 0 fully saturated rings. The SMILES string of the molecule is CCOCCCNc1nc(N)nc2sccc12. The number of nitrogen functional groups attached to an aromatic ring is 1. The molecule has 0 aliphatic carbocycles. The Morgan fingerprint density at radius 1 is 1.47 bits per heavy atom. The van der Waals surface area contributed by atoms with Gasteiger partial charge in [0, 0.05) is 19.8 Å². The van der Waals surface area contributed by atoms with Crippen LogP contribution in [0.4, 0.5) is 11.8 Å². The van der Waals surface area contributed by atoms with Gasteiger partial charge in [-0.3, -0.25) is 0 Å². The number of hydrogen-bond acceptors (Lipinski definition) is 6. The zero-order valence-electron chi connectivity index (χ0n) is 9.77. The third-order valence-corrected chi connectivity index (χ3v) is 3.11. The lowest BCUT2D eigenvalue weighted by Gasteiger charge is -2.07. The second-order valence-electron chi connectivity index (χ2n) is 3.55. The summed E-state index contributed by atoms with van der Waals surface area (Å²) in [6, 6.07) is 2.00. The van der Waals surface area contributed by atoms with E-state index < -0.39 is 0 Å². The van der Waals surface area contributed by atoms with Crippen molar-refractivity contribution in [2.45, 2.75) is 13.3 Å². The van der Waals surface area contributed by atoms with Crippen LogP contribution in [-0.2, 0) is 4.74 Å². The van der Waals surface area contributed by atoms with Gasteiger partial charge in [-0.05, 0) is 24.8 Å². The van der Waals surface area contributed by atoms with Crippen molar-refractivity contribution >= 4 is 33.3 Å². The first-order valence-corrected chi connectivity index (χ1v) is 6.51. The van der Waals surface area contributed by atoms with Gasteiger partial charge in [0.25, 0.3) is 0 Å². The fraction of sp³-hybridized carbons (Fsp3) is 0.455. The Balaban J connectivity index is 2.00. The van der Waals surface area contributed by atoms with E-state index in [1.807, 2.05) is 18.4 Å². The summed E-state index contributed by atoms with van der Waals surface area (Å²) in [5, 5.41) is 6.29. The second kappa shape index (κ2) is 5.79. The highest BCUT2D eigenvalue weighted by molar-refractivity contribution is 7.16. The van der Waals surface area contributed by atoms with Gasteiger partial charge in [-0.15, -0.1) is 11.3 Å². The van der Waals surface area contributed by atoms with Crippen LogP contribution in [0, 0.1) is 0 Å². The fourth-order valence-corrected chi connectivity index (χ4v) is 2.30. The van der Waals surface area contributed by atoms with Crippen molar-refractivity contribution in [1.82, 2.24) is 9.97 Å². The minimum atomic E-state index is 0.312. The molecule has 0 saturated carbocycles. The zero-order valence-corrected chi connectivity index (χ0v) is 10.6. The predicted octanol–water partition coefficient (Wildman–Crippen LogP) is 2.11. The van der Waals surface area contributed by atoms with Crippen molar-refractivity contribution in [3.63, 3.8) is 0 Å². The summed E-state index contributed by atoms with van der Waals surface area (Å²) < 4.78 is 5.27. The molecule has 0 aliphatic heterocycles. The van der Waals surface area contributed by atoms with E-state index >= 15 is 0 Å². The zero-order chi connectivity index (χ0) is 12.1. The van der Waals surface area contributed by atoms with E-state index in [9.17, 15) is 0 Å². The number of aromatic nitrogens is 2. The molecule has 0 radical (unpaired) electrons. The maximum Gasteiger partial charge on any atom is 0.223 e. The molecule has 17 heavy (non-hydrogen) atoms. The lowest BCUT2D eigenvalue weighted by Crippen LogP contribution is -2.08. The number of hydrogen-bond donors (Lipinski definition) is 2. The topological polar surface area (TPSA) is 73.1 Å². The standard InChI is InChI=1S/C11H16N4OS/c1-2-16-6-3-5-13-9-8-4-7-17-10(8)15-11(12)14-9/h4,7H,2-3,5-6H2,1H3,(H3,12,13,14,15). The number of anilines is 2. The van der Waals surface area contributed by atoms with Gasteiger partial charge in [0.1, 0.15) is 10.6 Å². The van der Waals surface area contributed by atoms with Crippen LogP contribution in [0.1, 0.15) is 13.3 Å². The van der Waals surface area contributed by atoms with E-state index in [2.05, 4.69) is 15.3 Å². The molecule has 2 aromatic heterocycles. The molecule has 5 nitrogen and oxygen atoms in total. The van der Waals surface area contributed by atoms with Crippen molar-refractivity contribution in [1.29, 1.82) is 0 Å². The van der Waals surface area contributed by atoms with Gasteiger partial charge in [-0.25, -0.2) is 4.98 Å². The molecule has 0 saturated heterocycles. The molecule has 3 N–H and O–H groups in total. The van der Waals surface area contributed by atoms with E-state index in [0.717, 1.165) is 42.2 Å². The molecule has 0 bridgehead atoms. The number of nitrogens with two attached hydrogens (primary N) is 1. The van der Waals surface area contributed by atoms with Gasteiger partial charge in [-0.1, -0.05) is 0 Å². The van der Waals surface area contributed by atoms with Crippen molar-refractivity contribution in [3.8, 4) is 0 Å². The number of ether oxygens (including phenoxy) is 1. The highest BCUT2D eigenvalue weighted by Crippen LogP contribution is 2.25. The molecule has 2 rings (SSSR count). The lowest BCUT2D eigenvalue weighted by molar-refractivity contribution is 0.147. The monoisotopic (exact) mass is 252 g/mol. The van der Waals surface area contributed by atoms with E-state index in [1.54, 1.807) is 11.3 Å². The van der Waals surface area contributed by atoms with Crippen LogP contribution >= 0.6 is 11.3 Å². The highest BCUT2D eigenvalue weighted by atomic mass is 32.1. The average Bonchev–Trinajstić information content (AvgIpc) is 2.76. The Kier molecular flexibility index (Phi) is 4.11. The molecular weight excluding hydrogens is 236 g/mol. The van der Waals surface area contributed by atoms with Crippen LogP contribution in [0.3, 0.4) is 0 Å². The molecule has 0 aliphatic rings. The number of nitrogens with zero attached hydrogens (tertiary/aromatic N) is 2. The van der Waals surface area contributed by atoms with Crippen LogP contribution in [-0.4, -0.2) is 29.7 Å². The highest BCUT2D eigenvalue weighted by Gasteiger charge is 2.06. The Morgan fingerprint density at radius 3 is 3.18 bits per heavy atom. The van der Waals surface area contributed by atoms with Crippen molar-refractivity contribution in [2.24, 2.45) is 0 Å². The number of fused-ring (bicyclic) bond motifs is 1. The second-order valence-corrected chi connectivity index (χ2v) is 4.44. The molecule has 2 aromatic rings. The van der Waals surface area contributed by atoms with Crippen LogP contribution < -0.4 is 11.1 Å². The van der Waals surface area contributed by atoms with Crippen LogP contribution in [0.15, 0.2) is 11.4 Å². The van der Waals surface area contributed by atoms with Crippen LogP contribution in [0.25, 0.3) is 10.2 Å². The smallest absolute Gasteiger partial charge is 0.223 e. The molecule has 0 aromatic carbocycles. The molecular formula is C11H16N4OS. The Hall–Kier alpha value is -1.40. The van der Waals surface area contributed by atoms with E-state index in [4.69, 9.17) is 10.5 Å². The summed E-state index contributed by atoms with van der Waals surface area (Å²) in [4.78, 5) is 9.31. The van der Waals surface area contributed by atoms with Crippen molar-refractivity contribution in [3.05, 3.63) is 11.4 Å². The van der Waals surface area contributed by atoms with Gasteiger partial charge in [0.2, 0.25) is 5.95 Å². The minimum absolute atomic E-state index is 0.312. The summed E-state index contributed by atoms with van der Waals surface area (Å²) in [6.07, 6.45) is 0.948. The molecule has 0 unspecified atom stereocenters. The first kappa shape index (κ1) is 12.1. The summed E-state index contributed by atoms with van der Waals surface area (Å²) in [7, 11) is 0. The van der Waals surface area contributed by atoms with Gasteiger partial charge in [-0.2, -0.15) is 4.98 Å². The van der Waals surface area contributed by atoms with Gasteiger partial charge >= 0.3 is 0 Å². The average molecular weight is 252 g/mol. The van der Waals surface area contributed by atoms with Gasteiger partial charge in [0.05, 0.1) is 5.39 Å². The summed E-state index contributed by atoms with van der Waals surface area (Å²) in [5.74, 6) is 1.12. The first-order valence-electron chi connectivity index (χ1n) is 5.63. The number of nitrogens with one attached hydrogen (secondary N) is 1. The first-order chi connectivity index (χ1) is 8.31. The Bertz CT molecular complexity index is 485. The maximum absolute atomic E-state index is 5.66. The Labute approximate surface area is 104 Å². The number of thiophene rings is 1. The lowest BCUT2D eigenvalue weighted by atomic mass is 10.3. The normalized spacial score (nSPS) is 10.9. The quantitative estimate of drug-likeness (QED) is 0.770. The maximum atomic E-state index is 5.66. The van der Waals surface area contributed by atoms with Crippen molar-refractivity contribution in [2.75, 3.05) is 30.8 Å². The van der Waals surface area contributed by atoms with E-state index in [-0.39, 0.29) is 0 Å². The third-order valence-electron chi connectivity index (χ3n) is 2.30. The van der Waals surface area contributed by atoms with Crippen LogP contribution in [0.2, 0.25) is 0 Å². The summed E-state index contributed by atoms with van der Waals surface area (Å²) in [5.41, 5.74) is 5.66. The molecule has 0 amide bonds. The largest absolute Gasteiger partial charge is 0.382 e. The Morgan fingerprint density at radius 2 is 2.35 bits per heavy atom. The molecule has 2 heterocycles. The van der Waals surface area contributed by atoms with Gasteiger partial charge in [0.15, 0.2) is 0 Å². The number of rotatable bonds is 6. The van der Waals surface area contributed by atoms with Gasteiger partial charge < -0.3 is 15.8 Å². The minimum Gasteiger partial charge on any atom is -0.382 e. The van der Waals surface area contributed by atoms with Crippen molar-refractivity contribution < 1.29 is 4.74 Å². The third kappa shape index (κ3) is 3.04. The van der Waals surface area contributed by atoms with Crippen LogP contribution in [0.5, 0.6) is 0 Å². The van der Waals surface area contributed by atoms with E-state index in [1.165, 1.54) is 0 Å². The summed E-state index contributed by atoms with van der Waals surface area (Å²) >= 11 is 1.57.